The van der Waals surface area contributed by atoms with E-state index in [-0.39, 0.29) is 17.8 Å². The third-order valence-corrected chi connectivity index (χ3v) is 5.14. The van der Waals surface area contributed by atoms with Crippen LogP contribution >= 0.6 is 0 Å². The van der Waals surface area contributed by atoms with Crippen molar-refractivity contribution < 1.29 is 4.79 Å². The Kier molecular flexibility index (Phi) is 4.75. The maximum Gasteiger partial charge on any atom is 0.291 e. The first kappa shape index (κ1) is 17.5. The van der Waals surface area contributed by atoms with Crippen LogP contribution in [0, 0.1) is 6.92 Å². The van der Waals surface area contributed by atoms with Crippen LogP contribution in [0.3, 0.4) is 0 Å². The SMILES string of the molecule is Cc1cccc(Nc2nc(C(=O)N3CCCC[C@H]3C)nc3ccccc23)c1. The van der Waals surface area contributed by atoms with Crippen LogP contribution in [-0.4, -0.2) is 33.4 Å². The molecule has 1 saturated heterocycles. The molecule has 3 aromatic rings. The highest BCUT2D eigenvalue weighted by Gasteiger charge is 2.26. The Morgan fingerprint density at radius 3 is 2.78 bits per heavy atom. The molecule has 1 aromatic heterocycles. The summed E-state index contributed by atoms with van der Waals surface area (Å²) in [5.41, 5.74) is 2.89. The third kappa shape index (κ3) is 3.63. The van der Waals surface area contributed by atoms with Crippen molar-refractivity contribution in [1.29, 1.82) is 0 Å². The van der Waals surface area contributed by atoms with E-state index in [1.807, 2.05) is 41.3 Å². The van der Waals surface area contributed by atoms with Gasteiger partial charge in [0.1, 0.15) is 5.82 Å². The van der Waals surface area contributed by atoms with Crippen molar-refractivity contribution in [2.75, 3.05) is 11.9 Å². The molecule has 1 amide bonds. The van der Waals surface area contributed by atoms with Crippen molar-refractivity contribution in [2.45, 2.75) is 39.2 Å². The van der Waals surface area contributed by atoms with Crippen LogP contribution in [0.15, 0.2) is 48.5 Å². The zero-order chi connectivity index (χ0) is 18.8. The Balaban J connectivity index is 1.75. The molecule has 0 aliphatic carbocycles. The van der Waals surface area contributed by atoms with Gasteiger partial charge < -0.3 is 10.2 Å². The van der Waals surface area contributed by atoms with Gasteiger partial charge in [0.05, 0.1) is 5.52 Å². The number of piperidine rings is 1. The Morgan fingerprint density at radius 1 is 1.11 bits per heavy atom. The van der Waals surface area contributed by atoms with Crippen molar-refractivity contribution in [3.63, 3.8) is 0 Å². The van der Waals surface area contributed by atoms with Gasteiger partial charge in [0.25, 0.3) is 5.91 Å². The summed E-state index contributed by atoms with van der Waals surface area (Å²) in [5.74, 6) is 0.845. The molecule has 1 aliphatic rings. The number of nitrogens with zero attached hydrogens (tertiary/aromatic N) is 3. The first-order valence-corrected chi connectivity index (χ1v) is 9.53. The van der Waals surface area contributed by atoms with Crippen molar-refractivity contribution in [3.8, 4) is 0 Å². The van der Waals surface area contributed by atoms with Crippen molar-refractivity contribution in [1.82, 2.24) is 14.9 Å². The van der Waals surface area contributed by atoms with Crippen molar-refractivity contribution >= 4 is 28.3 Å². The summed E-state index contributed by atoms with van der Waals surface area (Å²) >= 11 is 0. The Bertz CT molecular complexity index is 985. The fourth-order valence-corrected chi connectivity index (χ4v) is 3.66. The maximum absolute atomic E-state index is 13.1. The standard InChI is InChI=1S/C22H24N4O/c1-15-8-7-10-17(14-15)23-20-18-11-3-4-12-19(18)24-21(25-20)22(27)26-13-6-5-9-16(26)2/h3-4,7-8,10-12,14,16H,5-6,9,13H2,1-2H3,(H,23,24,25)/t16-/m1/s1. The molecule has 2 aromatic carbocycles. The van der Waals surface area contributed by atoms with Gasteiger partial charge in [-0.05, 0) is 62.9 Å². The summed E-state index contributed by atoms with van der Waals surface area (Å²) in [6.45, 7) is 4.93. The van der Waals surface area contributed by atoms with E-state index in [0.29, 0.717) is 5.82 Å². The third-order valence-electron chi connectivity index (χ3n) is 5.14. The molecule has 138 valence electrons. The largest absolute Gasteiger partial charge is 0.340 e. The number of carbonyl (C=O) groups excluding carboxylic acids is 1. The van der Waals surface area contributed by atoms with Gasteiger partial charge in [0, 0.05) is 23.7 Å². The van der Waals surface area contributed by atoms with Crippen molar-refractivity contribution in [3.05, 3.63) is 59.9 Å². The molecule has 1 aliphatic heterocycles. The second kappa shape index (κ2) is 7.35. The number of aryl methyl sites for hydroxylation is 1. The lowest BCUT2D eigenvalue weighted by Crippen LogP contribution is -2.42. The summed E-state index contributed by atoms with van der Waals surface area (Å²) < 4.78 is 0. The predicted octanol–water partition coefficient (Wildman–Crippen LogP) is 4.70. The van der Waals surface area contributed by atoms with Crippen LogP contribution in [0.4, 0.5) is 11.5 Å². The van der Waals surface area contributed by atoms with E-state index in [0.717, 1.165) is 41.5 Å². The van der Waals surface area contributed by atoms with E-state index in [2.05, 4.69) is 41.3 Å². The molecule has 4 rings (SSSR count). The van der Waals surface area contributed by atoms with Crippen LogP contribution in [-0.2, 0) is 0 Å². The van der Waals surface area contributed by atoms with Gasteiger partial charge in [-0.3, -0.25) is 4.79 Å². The second-order valence-corrected chi connectivity index (χ2v) is 7.25. The molecule has 27 heavy (non-hydrogen) atoms. The van der Waals surface area contributed by atoms with E-state index in [4.69, 9.17) is 0 Å². The van der Waals surface area contributed by atoms with Crippen LogP contribution in [0.25, 0.3) is 10.9 Å². The number of anilines is 2. The number of amides is 1. The van der Waals surface area contributed by atoms with E-state index in [9.17, 15) is 4.79 Å². The molecule has 2 heterocycles. The summed E-state index contributed by atoms with van der Waals surface area (Å²) in [5, 5.41) is 4.28. The average Bonchev–Trinajstić information content (AvgIpc) is 2.68. The lowest BCUT2D eigenvalue weighted by Gasteiger charge is -2.32. The molecular formula is C22H24N4O. The minimum absolute atomic E-state index is 0.0831. The van der Waals surface area contributed by atoms with Crippen molar-refractivity contribution in [2.24, 2.45) is 0 Å². The van der Waals surface area contributed by atoms with Gasteiger partial charge in [0.15, 0.2) is 0 Å². The molecule has 0 spiro atoms. The summed E-state index contributed by atoms with van der Waals surface area (Å²) in [4.78, 5) is 24.2. The molecule has 0 bridgehead atoms. The highest BCUT2D eigenvalue weighted by Crippen LogP contribution is 2.26. The number of benzene rings is 2. The quantitative estimate of drug-likeness (QED) is 0.736. The molecule has 0 unspecified atom stereocenters. The lowest BCUT2D eigenvalue weighted by molar-refractivity contribution is 0.0623. The normalized spacial score (nSPS) is 17.1. The zero-order valence-electron chi connectivity index (χ0n) is 15.8. The number of nitrogens with one attached hydrogen (secondary N) is 1. The van der Waals surface area contributed by atoms with Crippen LogP contribution in [0.1, 0.15) is 42.4 Å². The number of hydrogen-bond donors (Lipinski definition) is 1. The number of para-hydroxylation sites is 1. The van der Waals surface area contributed by atoms with Crippen LogP contribution in [0.2, 0.25) is 0 Å². The zero-order valence-corrected chi connectivity index (χ0v) is 15.8. The number of aromatic nitrogens is 2. The smallest absolute Gasteiger partial charge is 0.291 e. The van der Waals surface area contributed by atoms with Gasteiger partial charge in [-0.25, -0.2) is 9.97 Å². The fraction of sp³-hybridized carbons (Fsp3) is 0.318. The predicted molar refractivity (Wildman–Crippen MR) is 108 cm³/mol. The topological polar surface area (TPSA) is 58.1 Å². The van der Waals surface area contributed by atoms with Gasteiger partial charge in [-0.2, -0.15) is 0 Å². The van der Waals surface area contributed by atoms with Gasteiger partial charge in [-0.1, -0.05) is 24.3 Å². The first-order valence-electron chi connectivity index (χ1n) is 9.53. The molecule has 1 N–H and O–H groups in total. The maximum atomic E-state index is 13.1. The molecule has 5 heteroatoms. The molecule has 5 nitrogen and oxygen atoms in total. The molecular weight excluding hydrogens is 336 g/mol. The van der Waals surface area contributed by atoms with Crippen LogP contribution in [0.5, 0.6) is 0 Å². The minimum Gasteiger partial charge on any atom is -0.340 e. The van der Waals surface area contributed by atoms with E-state index in [1.54, 1.807) is 0 Å². The highest BCUT2D eigenvalue weighted by atomic mass is 16.2. The number of likely N-dealkylation sites (tertiary alicyclic amines) is 1. The van der Waals surface area contributed by atoms with Gasteiger partial charge >= 0.3 is 0 Å². The summed E-state index contributed by atoms with van der Waals surface area (Å²) in [6.07, 6.45) is 3.25. The highest BCUT2D eigenvalue weighted by molar-refractivity contribution is 5.97. The molecule has 1 atom stereocenters. The minimum atomic E-state index is -0.0831. The monoisotopic (exact) mass is 360 g/mol. The number of rotatable bonds is 3. The fourth-order valence-electron chi connectivity index (χ4n) is 3.66. The summed E-state index contributed by atoms with van der Waals surface area (Å²) in [6, 6.07) is 16.1. The van der Waals surface area contributed by atoms with Gasteiger partial charge in [0.2, 0.25) is 5.82 Å². The van der Waals surface area contributed by atoms with E-state index >= 15 is 0 Å². The Morgan fingerprint density at radius 2 is 1.96 bits per heavy atom. The Hall–Kier alpha value is -2.95. The lowest BCUT2D eigenvalue weighted by atomic mass is 10.0. The number of fused-ring (bicyclic) bond motifs is 1. The number of hydrogen-bond acceptors (Lipinski definition) is 4. The second-order valence-electron chi connectivity index (χ2n) is 7.25. The summed E-state index contributed by atoms with van der Waals surface area (Å²) in [7, 11) is 0. The van der Waals surface area contributed by atoms with E-state index in [1.165, 1.54) is 6.42 Å². The first-order chi connectivity index (χ1) is 13.1. The van der Waals surface area contributed by atoms with E-state index < -0.39 is 0 Å². The van der Waals surface area contributed by atoms with Gasteiger partial charge in [-0.15, -0.1) is 0 Å². The molecule has 0 radical (unpaired) electrons. The average molecular weight is 360 g/mol. The Labute approximate surface area is 159 Å². The molecule has 1 fully saturated rings. The van der Waals surface area contributed by atoms with Crippen LogP contribution < -0.4 is 5.32 Å². The number of carbonyl (C=O) groups is 1. The molecule has 0 saturated carbocycles.